The Labute approximate surface area is 171 Å². The van der Waals surface area contributed by atoms with Crippen molar-refractivity contribution in [1.82, 2.24) is 10.6 Å². The second-order valence-corrected chi connectivity index (χ2v) is 13.3. The number of amides is 2. The Hall–Kier alpha value is -0.826. The maximum absolute atomic E-state index is 11.9. The molecule has 0 fully saturated rings. The molecule has 0 aromatic heterocycles. The van der Waals surface area contributed by atoms with E-state index < -0.39 is 17.4 Å². The molecule has 0 aliphatic rings. The highest BCUT2D eigenvalue weighted by molar-refractivity contribution is 6.67. The fourth-order valence-electron chi connectivity index (χ4n) is 2.83. The molecule has 0 spiro atoms. The van der Waals surface area contributed by atoms with Crippen LogP contribution in [0.1, 0.15) is 32.6 Å². The predicted octanol–water partition coefficient (Wildman–Crippen LogP) is 1.41. The molecule has 0 aliphatic heterocycles. The summed E-state index contributed by atoms with van der Waals surface area (Å²) in [5, 5.41) is 5.64. The summed E-state index contributed by atoms with van der Waals surface area (Å²) in [6, 6.07) is 2.31. The average Bonchev–Trinajstić information content (AvgIpc) is 2.73. The minimum Gasteiger partial charge on any atom is -0.398 e. The number of hydrogen-bond donors (Lipinski definition) is 2. The SMILES string of the molecule is CC[Si](CCCNC(=O)CCC(=O)NCCC[Si](OC)(OC)OC)(OC)OC. The number of carbonyl (C=O) groups excluding carboxylic acids is 2. The van der Waals surface area contributed by atoms with Gasteiger partial charge in [-0.15, -0.1) is 0 Å². The number of hydrogen-bond acceptors (Lipinski definition) is 7. The molecule has 0 aliphatic carbocycles. The van der Waals surface area contributed by atoms with Crippen molar-refractivity contribution in [1.29, 1.82) is 0 Å². The Morgan fingerprint density at radius 3 is 1.50 bits per heavy atom. The van der Waals surface area contributed by atoms with Gasteiger partial charge in [0.1, 0.15) is 0 Å². The van der Waals surface area contributed by atoms with Gasteiger partial charge in [-0.05, 0) is 24.9 Å². The average molecular weight is 439 g/mol. The van der Waals surface area contributed by atoms with Gasteiger partial charge >= 0.3 is 17.4 Å². The lowest BCUT2D eigenvalue weighted by Crippen LogP contribution is -2.43. The van der Waals surface area contributed by atoms with E-state index in [1.54, 1.807) is 35.5 Å². The van der Waals surface area contributed by atoms with Crippen LogP contribution in [0, 0.1) is 0 Å². The third-order valence-corrected chi connectivity index (χ3v) is 11.3. The normalized spacial score (nSPS) is 12.1. The third-order valence-electron chi connectivity index (χ3n) is 4.83. The predicted molar refractivity (Wildman–Crippen MR) is 111 cm³/mol. The second kappa shape index (κ2) is 15.1. The molecule has 166 valence electrons. The Kier molecular flexibility index (Phi) is 14.6. The monoisotopic (exact) mass is 438 g/mol. The van der Waals surface area contributed by atoms with Gasteiger partial charge in [0.2, 0.25) is 11.8 Å². The van der Waals surface area contributed by atoms with E-state index in [0.29, 0.717) is 25.6 Å². The molecule has 0 radical (unpaired) electrons. The molecule has 0 unspecified atom stereocenters. The molecular formula is C17H38N2O7Si2. The Balaban J connectivity index is 3.91. The summed E-state index contributed by atoms with van der Waals surface area (Å²) in [5.74, 6) is -0.274. The zero-order valence-electron chi connectivity index (χ0n) is 18.2. The highest BCUT2D eigenvalue weighted by Gasteiger charge is 2.36. The van der Waals surface area contributed by atoms with Gasteiger partial charge in [0.25, 0.3) is 0 Å². The molecule has 0 rings (SSSR count). The van der Waals surface area contributed by atoms with Gasteiger partial charge in [0.15, 0.2) is 0 Å². The summed E-state index contributed by atoms with van der Waals surface area (Å²) in [7, 11) is 3.34. The van der Waals surface area contributed by atoms with Crippen LogP contribution in [0.25, 0.3) is 0 Å². The van der Waals surface area contributed by atoms with Crippen LogP contribution in [-0.2, 0) is 31.7 Å². The fraction of sp³-hybridized carbons (Fsp3) is 0.882. The highest BCUT2D eigenvalue weighted by atomic mass is 28.4. The summed E-state index contributed by atoms with van der Waals surface area (Å²) in [6.07, 6.45) is 1.81. The van der Waals surface area contributed by atoms with E-state index in [1.165, 1.54) is 0 Å². The van der Waals surface area contributed by atoms with Crippen LogP contribution in [0.2, 0.25) is 18.1 Å². The smallest absolute Gasteiger partial charge is 0.398 e. The lowest BCUT2D eigenvalue weighted by molar-refractivity contribution is -0.126. The first-order chi connectivity index (χ1) is 13.4. The van der Waals surface area contributed by atoms with Crippen LogP contribution in [0.5, 0.6) is 0 Å². The van der Waals surface area contributed by atoms with E-state index >= 15 is 0 Å². The molecule has 0 aromatic rings. The van der Waals surface area contributed by atoms with Crippen molar-refractivity contribution in [3.05, 3.63) is 0 Å². The summed E-state index contributed by atoms with van der Waals surface area (Å²) in [4.78, 5) is 23.7. The molecule has 0 aromatic carbocycles. The number of rotatable bonds is 17. The van der Waals surface area contributed by atoms with Crippen LogP contribution >= 0.6 is 0 Å². The molecule has 28 heavy (non-hydrogen) atoms. The topological polar surface area (TPSA) is 104 Å². The second-order valence-electron chi connectivity index (χ2n) is 6.37. The molecule has 0 atom stereocenters. The Morgan fingerprint density at radius 2 is 1.14 bits per heavy atom. The fourth-order valence-corrected chi connectivity index (χ4v) is 6.77. The van der Waals surface area contributed by atoms with Gasteiger partial charge in [-0.3, -0.25) is 9.59 Å². The first-order valence-electron chi connectivity index (χ1n) is 9.65. The lowest BCUT2D eigenvalue weighted by Gasteiger charge is -2.25. The summed E-state index contributed by atoms with van der Waals surface area (Å²) in [6.45, 7) is 3.10. The maximum atomic E-state index is 11.9. The number of carbonyl (C=O) groups is 2. The van der Waals surface area contributed by atoms with Crippen LogP contribution in [0.4, 0.5) is 0 Å². The molecule has 0 bridgehead atoms. The minimum absolute atomic E-state index is 0.127. The standard InChI is InChI=1S/C17H38N2O7Si2/c1-7-27(22-2,23-3)14-8-12-18-16(20)10-11-17(21)19-13-9-15-28(24-4,25-5)26-6/h7-15H2,1-6H3,(H,18,20)(H,19,21). The number of nitrogens with one attached hydrogen (secondary N) is 2. The van der Waals surface area contributed by atoms with E-state index in [0.717, 1.165) is 18.5 Å². The molecule has 0 saturated carbocycles. The van der Waals surface area contributed by atoms with Gasteiger partial charge in [-0.1, -0.05) is 6.92 Å². The largest absolute Gasteiger partial charge is 0.500 e. The van der Waals surface area contributed by atoms with Crippen LogP contribution in [-0.4, -0.2) is 77.8 Å². The lowest BCUT2D eigenvalue weighted by atomic mass is 10.2. The minimum atomic E-state index is -2.60. The van der Waals surface area contributed by atoms with Gasteiger partial charge in [0, 0.05) is 67.5 Å². The quantitative estimate of drug-likeness (QED) is 0.261. The van der Waals surface area contributed by atoms with Crippen molar-refractivity contribution in [3.63, 3.8) is 0 Å². The van der Waals surface area contributed by atoms with Crippen molar-refractivity contribution in [2.24, 2.45) is 0 Å². The van der Waals surface area contributed by atoms with E-state index in [2.05, 4.69) is 17.6 Å². The summed E-state index contributed by atoms with van der Waals surface area (Å²) >= 11 is 0. The molecule has 2 N–H and O–H groups in total. The molecule has 11 heteroatoms. The van der Waals surface area contributed by atoms with E-state index in [1.807, 2.05) is 0 Å². The summed E-state index contributed by atoms with van der Waals surface area (Å²) < 4.78 is 27.1. The molecule has 9 nitrogen and oxygen atoms in total. The van der Waals surface area contributed by atoms with E-state index in [-0.39, 0.29) is 24.7 Å². The third kappa shape index (κ3) is 10.1. The highest BCUT2D eigenvalue weighted by Crippen LogP contribution is 2.18. The van der Waals surface area contributed by atoms with Crippen molar-refractivity contribution < 1.29 is 31.7 Å². The molecule has 2 amide bonds. The van der Waals surface area contributed by atoms with Crippen LogP contribution < -0.4 is 10.6 Å². The molecule has 0 saturated heterocycles. The first-order valence-corrected chi connectivity index (χ1v) is 13.8. The maximum Gasteiger partial charge on any atom is 0.500 e. The molecular weight excluding hydrogens is 400 g/mol. The van der Waals surface area contributed by atoms with Crippen LogP contribution in [0.3, 0.4) is 0 Å². The van der Waals surface area contributed by atoms with E-state index in [4.69, 9.17) is 22.1 Å². The summed E-state index contributed by atoms with van der Waals surface area (Å²) in [5.41, 5.74) is 0. The van der Waals surface area contributed by atoms with Crippen molar-refractivity contribution >= 4 is 29.2 Å². The van der Waals surface area contributed by atoms with E-state index in [9.17, 15) is 9.59 Å². The van der Waals surface area contributed by atoms with Gasteiger partial charge in [-0.25, -0.2) is 0 Å². The van der Waals surface area contributed by atoms with Gasteiger partial charge in [-0.2, -0.15) is 0 Å². The van der Waals surface area contributed by atoms with Gasteiger partial charge < -0.3 is 32.8 Å². The Morgan fingerprint density at radius 1 is 0.714 bits per heavy atom. The zero-order chi connectivity index (χ0) is 21.5. The Bertz CT molecular complexity index is 391. The van der Waals surface area contributed by atoms with Crippen LogP contribution in [0.15, 0.2) is 0 Å². The zero-order valence-corrected chi connectivity index (χ0v) is 20.2. The van der Waals surface area contributed by atoms with Gasteiger partial charge in [0.05, 0.1) is 0 Å². The first kappa shape index (κ1) is 27.2. The van der Waals surface area contributed by atoms with Crippen molar-refractivity contribution in [3.8, 4) is 0 Å². The van der Waals surface area contributed by atoms with Crippen molar-refractivity contribution in [2.45, 2.75) is 50.7 Å². The van der Waals surface area contributed by atoms with Crippen molar-refractivity contribution in [2.75, 3.05) is 48.6 Å². The molecule has 0 heterocycles.